The highest BCUT2D eigenvalue weighted by Crippen LogP contribution is 2.32. The summed E-state index contributed by atoms with van der Waals surface area (Å²) in [6.07, 6.45) is 0. The lowest BCUT2D eigenvalue weighted by molar-refractivity contribution is 0.0699. The topological polar surface area (TPSA) is 91.9 Å². The number of hydrogen-bond acceptors (Lipinski definition) is 5. The van der Waals surface area contributed by atoms with Gasteiger partial charge < -0.3 is 19.4 Å². The smallest absolute Gasteiger partial charge is 0.256 e. The summed E-state index contributed by atoms with van der Waals surface area (Å²) < 4.78 is 39.1. The maximum atomic E-state index is 13.3. The van der Waals surface area contributed by atoms with E-state index in [0.717, 1.165) is 16.6 Å². The second-order valence-corrected chi connectivity index (χ2v) is 9.78. The van der Waals surface area contributed by atoms with Crippen molar-refractivity contribution < 1.29 is 22.7 Å². The van der Waals surface area contributed by atoms with Crippen LogP contribution >= 0.6 is 0 Å². The Morgan fingerprint density at radius 1 is 0.970 bits per heavy atom. The quantitative estimate of drug-likeness (QED) is 0.570. The fourth-order valence-corrected chi connectivity index (χ4v) is 5.62. The van der Waals surface area contributed by atoms with Gasteiger partial charge in [-0.3, -0.25) is 4.79 Å². The number of piperazine rings is 1. The van der Waals surface area contributed by atoms with Crippen LogP contribution in [0.1, 0.15) is 29.9 Å². The van der Waals surface area contributed by atoms with Crippen molar-refractivity contribution >= 4 is 26.8 Å². The molecule has 1 amide bonds. The molecule has 0 bridgehead atoms. The number of aryl methyl sites for hydroxylation is 1. The number of nitrogens with one attached hydrogen (secondary N) is 1. The molecule has 8 nitrogen and oxygen atoms in total. The van der Waals surface area contributed by atoms with Crippen LogP contribution in [0.4, 0.5) is 0 Å². The highest BCUT2D eigenvalue weighted by Gasteiger charge is 2.32. The van der Waals surface area contributed by atoms with Crippen molar-refractivity contribution in [2.24, 2.45) is 0 Å². The number of carbonyl (C=O) groups is 1. The van der Waals surface area contributed by atoms with Gasteiger partial charge in [0, 0.05) is 48.8 Å². The minimum Gasteiger partial charge on any atom is -0.490 e. The van der Waals surface area contributed by atoms with Crippen LogP contribution in [0.5, 0.6) is 11.5 Å². The van der Waals surface area contributed by atoms with Crippen molar-refractivity contribution in [1.82, 2.24) is 14.2 Å². The van der Waals surface area contributed by atoms with Crippen LogP contribution in [-0.2, 0) is 10.0 Å². The zero-order chi connectivity index (χ0) is 23.6. The van der Waals surface area contributed by atoms with Crippen molar-refractivity contribution in [2.45, 2.75) is 25.7 Å². The fourth-order valence-electron chi connectivity index (χ4n) is 4.18. The zero-order valence-electron chi connectivity index (χ0n) is 19.1. The standard InChI is InChI=1S/C24H29N3O5S/c1-4-31-21-11-10-18(16-22(21)32-5-2)33(29,30)27-14-12-26(13-15-27)24(28)23-17(3)25-20-9-7-6-8-19(20)23/h6-11,16,25H,4-5,12-15H2,1-3H3. The van der Waals surface area contributed by atoms with Crippen LogP contribution in [-0.4, -0.2) is 67.9 Å². The Hall–Kier alpha value is -3.04. The van der Waals surface area contributed by atoms with Crippen LogP contribution in [0.15, 0.2) is 47.4 Å². The van der Waals surface area contributed by atoms with Crippen LogP contribution in [0.25, 0.3) is 10.9 Å². The molecule has 176 valence electrons. The van der Waals surface area contributed by atoms with Crippen molar-refractivity contribution in [3.8, 4) is 11.5 Å². The molecular weight excluding hydrogens is 442 g/mol. The average Bonchev–Trinajstić information content (AvgIpc) is 3.15. The summed E-state index contributed by atoms with van der Waals surface area (Å²) in [6, 6.07) is 12.4. The van der Waals surface area contributed by atoms with Crippen molar-refractivity contribution in [3.05, 3.63) is 53.7 Å². The number of benzene rings is 2. The van der Waals surface area contributed by atoms with Crippen LogP contribution in [0.3, 0.4) is 0 Å². The highest BCUT2D eigenvalue weighted by atomic mass is 32.2. The van der Waals surface area contributed by atoms with Gasteiger partial charge in [-0.05, 0) is 39.0 Å². The first-order valence-electron chi connectivity index (χ1n) is 11.1. The first kappa shape index (κ1) is 23.1. The maximum absolute atomic E-state index is 13.3. The number of nitrogens with zero attached hydrogens (tertiary/aromatic N) is 2. The Balaban J connectivity index is 1.50. The summed E-state index contributed by atoms with van der Waals surface area (Å²) >= 11 is 0. The first-order valence-corrected chi connectivity index (χ1v) is 12.6. The number of rotatable bonds is 7. The molecule has 0 unspecified atom stereocenters. The molecule has 9 heteroatoms. The molecule has 0 spiro atoms. The van der Waals surface area contributed by atoms with Gasteiger partial charge in [0.05, 0.1) is 23.7 Å². The minimum atomic E-state index is -3.73. The Labute approximate surface area is 194 Å². The molecule has 2 heterocycles. The Morgan fingerprint density at radius 2 is 1.64 bits per heavy atom. The third-order valence-corrected chi connectivity index (χ3v) is 7.68. The molecule has 1 aliphatic heterocycles. The summed E-state index contributed by atoms with van der Waals surface area (Å²) in [6.45, 7) is 7.55. The van der Waals surface area contributed by atoms with Gasteiger partial charge >= 0.3 is 0 Å². The van der Waals surface area contributed by atoms with Gasteiger partial charge in [0.1, 0.15) is 0 Å². The van der Waals surface area contributed by atoms with E-state index in [1.165, 1.54) is 16.4 Å². The van der Waals surface area contributed by atoms with Gasteiger partial charge in [-0.1, -0.05) is 18.2 Å². The van der Waals surface area contributed by atoms with Crippen LogP contribution in [0, 0.1) is 6.92 Å². The lowest BCUT2D eigenvalue weighted by Crippen LogP contribution is -2.50. The molecule has 2 aromatic carbocycles. The molecule has 1 aliphatic rings. The van der Waals surface area contributed by atoms with Gasteiger partial charge in [0.15, 0.2) is 11.5 Å². The second kappa shape index (κ2) is 9.44. The lowest BCUT2D eigenvalue weighted by Gasteiger charge is -2.34. The number of hydrogen-bond donors (Lipinski definition) is 1. The average molecular weight is 472 g/mol. The number of aromatic nitrogens is 1. The molecular formula is C24H29N3O5S. The minimum absolute atomic E-state index is 0.0818. The number of sulfonamides is 1. The molecule has 0 atom stereocenters. The van der Waals surface area contributed by atoms with E-state index in [1.54, 1.807) is 11.0 Å². The van der Waals surface area contributed by atoms with Crippen LogP contribution in [0.2, 0.25) is 0 Å². The Kier molecular flexibility index (Phi) is 6.62. The molecule has 3 aromatic rings. The monoisotopic (exact) mass is 471 g/mol. The fraction of sp³-hybridized carbons (Fsp3) is 0.375. The molecule has 4 rings (SSSR count). The number of para-hydroxylation sites is 1. The third kappa shape index (κ3) is 4.43. The van der Waals surface area contributed by atoms with Gasteiger partial charge in [-0.2, -0.15) is 4.31 Å². The van der Waals surface area contributed by atoms with Crippen LogP contribution < -0.4 is 9.47 Å². The van der Waals surface area contributed by atoms with Crippen molar-refractivity contribution in [1.29, 1.82) is 0 Å². The van der Waals surface area contributed by atoms with E-state index in [4.69, 9.17) is 9.47 Å². The highest BCUT2D eigenvalue weighted by molar-refractivity contribution is 7.89. The molecule has 0 radical (unpaired) electrons. The van der Waals surface area contributed by atoms with Gasteiger partial charge in [0.25, 0.3) is 5.91 Å². The third-order valence-electron chi connectivity index (χ3n) is 5.79. The molecule has 1 aromatic heterocycles. The van der Waals surface area contributed by atoms with Gasteiger partial charge in [0.2, 0.25) is 10.0 Å². The Bertz CT molecular complexity index is 1260. The van der Waals surface area contributed by atoms with E-state index in [2.05, 4.69) is 4.98 Å². The lowest BCUT2D eigenvalue weighted by atomic mass is 10.1. The number of amides is 1. The number of ether oxygens (including phenoxy) is 2. The summed E-state index contributed by atoms with van der Waals surface area (Å²) in [5.74, 6) is 0.841. The summed E-state index contributed by atoms with van der Waals surface area (Å²) in [5.41, 5.74) is 2.38. The number of H-pyrrole nitrogens is 1. The van der Waals surface area contributed by atoms with E-state index in [-0.39, 0.29) is 23.9 Å². The largest absolute Gasteiger partial charge is 0.490 e. The number of aromatic amines is 1. The summed E-state index contributed by atoms with van der Waals surface area (Å²) in [4.78, 5) is 18.4. The Morgan fingerprint density at radius 3 is 2.33 bits per heavy atom. The van der Waals surface area contributed by atoms with E-state index < -0.39 is 10.0 Å². The van der Waals surface area contributed by atoms with Crippen molar-refractivity contribution in [3.63, 3.8) is 0 Å². The normalized spacial score (nSPS) is 15.1. The maximum Gasteiger partial charge on any atom is 0.256 e. The predicted octanol–water partition coefficient (Wildman–Crippen LogP) is 3.42. The molecule has 1 N–H and O–H groups in total. The number of fused-ring (bicyclic) bond motifs is 1. The van der Waals surface area contributed by atoms with E-state index in [1.807, 2.05) is 45.0 Å². The SMILES string of the molecule is CCOc1ccc(S(=O)(=O)N2CCN(C(=O)c3c(C)[nH]c4ccccc34)CC2)cc1OCC. The van der Waals surface area contributed by atoms with E-state index in [9.17, 15) is 13.2 Å². The van der Waals surface area contributed by atoms with E-state index >= 15 is 0 Å². The summed E-state index contributed by atoms with van der Waals surface area (Å²) in [7, 11) is -3.73. The first-order chi connectivity index (χ1) is 15.9. The van der Waals surface area contributed by atoms with Gasteiger partial charge in [-0.15, -0.1) is 0 Å². The zero-order valence-corrected chi connectivity index (χ0v) is 19.9. The molecule has 0 saturated carbocycles. The predicted molar refractivity (Wildman–Crippen MR) is 126 cm³/mol. The molecule has 33 heavy (non-hydrogen) atoms. The molecule has 1 saturated heterocycles. The summed E-state index contributed by atoms with van der Waals surface area (Å²) in [5, 5.41) is 0.882. The van der Waals surface area contributed by atoms with Crippen molar-refractivity contribution in [2.75, 3.05) is 39.4 Å². The second-order valence-electron chi connectivity index (χ2n) is 7.84. The molecule has 0 aliphatic carbocycles. The van der Waals surface area contributed by atoms with Gasteiger partial charge in [-0.25, -0.2) is 8.42 Å². The number of carbonyl (C=O) groups excluding carboxylic acids is 1. The van der Waals surface area contributed by atoms with E-state index in [0.29, 0.717) is 43.4 Å². The molecule has 1 fully saturated rings.